The summed E-state index contributed by atoms with van der Waals surface area (Å²) >= 11 is 3.14. The summed E-state index contributed by atoms with van der Waals surface area (Å²) in [7, 11) is -2.37. The normalized spacial score (nSPS) is 11.8. The average molecular weight is 443 g/mol. The molecule has 7 nitrogen and oxygen atoms in total. The van der Waals surface area contributed by atoms with Gasteiger partial charge in [0.05, 0.1) is 11.3 Å². The van der Waals surface area contributed by atoms with Crippen LogP contribution in [0, 0.1) is 26.6 Å². The standard InChI is InChI=1S/C16H16BrFN4O3S/c1-8-14(16-20-19-10(3)25-16)15(9(2)22(8)4)26(23,24)21-13-6-5-11(17)7-12(13)18/h5-7,21H,1-4H3. The molecule has 26 heavy (non-hydrogen) atoms. The molecule has 1 aromatic carbocycles. The van der Waals surface area contributed by atoms with Gasteiger partial charge in [-0.3, -0.25) is 4.72 Å². The molecule has 0 radical (unpaired) electrons. The van der Waals surface area contributed by atoms with Crippen LogP contribution in [0.4, 0.5) is 10.1 Å². The molecule has 0 amide bonds. The molecule has 1 N–H and O–H groups in total. The third kappa shape index (κ3) is 3.14. The van der Waals surface area contributed by atoms with Gasteiger partial charge in [-0.15, -0.1) is 10.2 Å². The van der Waals surface area contributed by atoms with Crippen LogP contribution in [-0.4, -0.2) is 23.2 Å². The Morgan fingerprint density at radius 3 is 2.46 bits per heavy atom. The molecule has 3 rings (SSSR count). The zero-order chi connectivity index (χ0) is 19.2. The van der Waals surface area contributed by atoms with Crippen molar-refractivity contribution in [3.8, 4) is 11.5 Å². The summed E-state index contributed by atoms with van der Waals surface area (Å²) in [6.07, 6.45) is 0. The van der Waals surface area contributed by atoms with Crippen LogP contribution >= 0.6 is 15.9 Å². The summed E-state index contributed by atoms with van der Waals surface area (Å²) in [6, 6.07) is 4.08. The molecule has 2 heterocycles. The Hall–Kier alpha value is -2.20. The Kier molecular flexibility index (Phi) is 4.65. The lowest BCUT2D eigenvalue weighted by molar-refractivity contribution is 0.530. The molecule has 0 fully saturated rings. The fourth-order valence-electron chi connectivity index (χ4n) is 2.66. The Labute approximate surface area is 158 Å². The van der Waals surface area contributed by atoms with Gasteiger partial charge >= 0.3 is 0 Å². The van der Waals surface area contributed by atoms with E-state index in [9.17, 15) is 12.8 Å². The smallest absolute Gasteiger partial charge is 0.264 e. The third-order valence-electron chi connectivity index (χ3n) is 4.11. The number of halogens is 2. The van der Waals surface area contributed by atoms with Crippen molar-refractivity contribution in [2.45, 2.75) is 25.7 Å². The molecule has 0 spiro atoms. The van der Waals surface area contributed by atoms with Crippen molar-refractivity contribution in [1.29, 1.82) is 0 Å². The van der Waals surface area contributed by atoms with Crippen LogP contribution in [0.3, 0.4) is 0 Å². The minimum absolute atomic E-state index is 0.0246. The molecule has 0 bridgehead atoms. The average Bonchev–Trinajstić information content (AvgIpc) is 3.07. The van der Waals surface area contributed by atoms with E-state index in [-0.39, 0.29) is 16.5 Å². The summed E-state index contributed by atoms with van der Waals surface area (Å²) in [4.78, 5) is -0.0246. The Morgan fingerprint density at radius 2 is 1.88 bits per heavy atom. The van der Waals surface area contributed by atoms with Crippen LogP contribution in [0.5, 0.6) is 0 Å². The van der Waals surface area contributed by atoms with Crippen molar-refractivity contribution in [3.63, 3.8) is 0 Å². The van der Waals surface area contributed by atoms with Crippen LogP contribution in [0.1, 0.15) is 17.3 Å². The van der Waals surface area contributed by atoms with E-state index in [0.29, 0.717) is 27.3 Å². The zero-order valence-electron chi connectivity index (χ0n) is 14.5. The predicted octanol–water partition coefficient (Wildman–Crippen LogP) is 3.70. The molecule has 0 aliphatic heterocycles. The monoisotopic (exact) mass is 442 g/mol. The van der Waals surface area contributed by atoms with Gasteiger partial charge in [-0.2, -0.15) is 0 Å². The largest absolute Gasteiger partial charge is 0.421 e. The lowest BCUT2D eigenvalue weighted by Crippen LogP contribution is -2.15. The molecule has 0 aliphatic rings. The van der Waals surface area contributed by atoms with Gasteiger partial charge in [-0.25, -0.2) is 12.8 Å². The highest BCUT2D eigenvalue weighted by Gasteiger charge is 2.31. The molecule has 0 atom stereocenters. The number of aromatic nitrogens is 3. The second-order valence-corrected chi connectivity index (χ2v) is 8.32. The predicted molar refractivity (Wildman–Crippen MR) is 97.8 cm³/mol. The first kappa shape index (κ1) is 18.6. The number of rotatable bonds is 4. The second-order valence-electron chi connectivity index (χ2n) is 5.79. The highest BCUT2D eigenvalue weighted by molar-refractivity contribution is 9.10. The van der Waals surface area contributed by atoms with E-state index in [1.807, 2.05) is 0 Å². The quantitative estimate of drug-likeness (QED) is 0.664. The summed E-state index contributed by atoms with van der Waals surface area (Å²) in [5.41, 5.74) is 1.26. The van der Waals surface area contributed by atoms with E-state index in [1.165, 1.54) is 12.1 Å². The molecule has 0 aliphatic carbocycles. The van der Waals surface area contributed by atoms with Crippen LogP contribution < -0.4 is 4.72 Å². The van der Waals surface area contributed by atoms with E-state index < -0.39 is 15.8 Å². The van der Waals surface area contributed by atoms with Gasteiger partial charge in [0.15, 0.2) is 0 Å². The number of benzene rings is 1. The van der Waals surface area contributed by atoms with Crippen molar-refractivity contribution in [2.75, 3.05) is 4.72 Å². The van der Waals surface area contributed by atoms with Crippen molar-refractivity contribution in [3.05, 3.63) is 45.8 Å². The maximum Gasteiger partial charge on any atom is 0.264 e. The Morgan fingerprint density at radius 1 is 1.19 bits per heavy atom. The van der Waals surface area contributed by atoms with E-state index in [2.05, 4.69) is 30.8 Å². The van der Waals surface area contributed by atoms with Gasteiger partial charge in [0.25, 0.3) is 15.9 Å². The first-order valence-electron chi connectivity index (χ1n) is 7.56. The first-order valence-corrected chi connectivity index (χ1v) is 9.83. The fourth-order valence-corrected chi connectivity index (χ4v) is 4.58. The Bertz CT molecular complexity index is 1110. The first-order chi connectivity index (χ1) is 12.1. The molecule has 0 saturated carbocycles. The lowest BCUT2D eigenvalue weighted by Gasteiger charge is -2.10. The Balaban J connectivity index is 2.17. The summed E-state index contributed by atoms with van der Waals surface area (Å²) < 4.78 is 50.1. The number of nitrogens with zero attached hydrogens (tertiary/aromatic N) is 3. The molecular weight excluding hydrogens is 427 g/mol. The second kappa shape index (κ2) is 6.51. The molecule has 10 heteroatoms. The number of aryl methyl sites for hydroxylation is 1. The minimum atomic E-state index is -4.10. The molecule has 2 aromatic heterocycles. The van der Waals surface area contributed by atoms with Gasteiger partial charge in [-0.1, -0.05) is 15.9 Å². The van der Waals surface area contributed by atoms with Crippen molar-refractivity contribution < 1.29 is 17.2 Å². The van der Waals surface area contributed by atoms with Crippen LogP contribution in [-0.2, 0) is 17.1 Å². The van der Waals surface area contributed by atoms with E-state index in [4.69, 9.17) is 4.42 Å². The molecule has 138 valence electrons. The van der Waals surface area contributed by atoms with Crippen LogP contribution in [0.2, 0.25) is 0 Å². The third-order valence-corrected chi connectivity index (χ3v) is 6.13. The summed E-state index contributed by atoms with van der Waals surface area (Å²) in [5.74, 6) is -0.278. The van der Waals surface area contributed by atoms with Crippen LogP contribution in [0.15, 0.2) is 32.0 Å². The van der Waals surface area contributed by atoms with E-state index in [1.54, 1.807) is 38.5 Å². The topological polar surface area (TPSA) is 90.0 Å². The summed E-state index contributed by atoms with van der Waals surface area (Å²) in [5, 5.41) is 7.71. The fraction of sp³-hybridized carbons (Fsp3) is 0.250. The number of sulfonamides is 1. The van der Waals surface area contributed by atoms with Gasteiger partial charge < -0.3 is 8.98 Å². The van der Waals surface area contributed by atoms with E-state index >= 15 is 0 Å². The van der Waals surface area contributed by atoms with Gasteiger partial charge in [0, 0.05) is 29.8 Å². The molecule has 3 aromatic rings. The number of nitrogens with one attached hydrogen (secondary N) is 1. The van der Waals surface area contributed by atoms with Crippen molar-refractivity contribution >= 4 is 31.6 Å². The zero-order valence-corrected chi connectivity index (χ0v) is 16.9. The molecular formula is C16H16BrFN4O3S. The van der Waals surface area contributed by atoms with Crippen molar-refractivity contribution in [1.82, 2.24) is 14.8 Å². The van der Waals surface area contributed by atoms with Crippen molar-refractivity contribution in [2.24, 2.45) is 7.05 Å². The maximum atomic E-state index is 14.1. The van der Waals surface area contributed by atoms with Gasteiger partial charge in [0.2, 0.25) is 5.89 Å². The summed E-state index contributed by atoms with van der Waals surface area (Å²) in [6.45, 7) is 5.03. The van der Waals surface area contributed by atoms with Gasteiger partial charge in [-0.05, 0) is 32.0 Å². The maximum absolute atomic E-state index is 14.1. The van der Waals surface area contributed by atoms with E-state index in [0.717, 1.165) is 0 Å². The van der Waals surface area contributed by atoms with Gasteiger partial charge in [0.1, 0.15) is 10.7 Å². The SMILES string of the molecule is Cc1nnc(-c2c(S(=O)(=O)Nc3ccc(Br)cc3F)c(C)n(C)c2C)o1. The highest BCUT2D eigenvalue weighted by Crippen LogP contribution is 2.35. The highest BCUT2D eigenvalue weighted by atomic mass is 79.9. The number of hydrogen-bond acceptors (Lipinski definition) is 5. The number of hydrogen-bond donors (Lipinski definition) is 1. The number of anilines is 1. The lowest BCUT2D eigenvalue weighted by atomic mass is 10.2. The molecule has 0 saturated heterocycles. The van der Waals surface area contributed by atoms with Crippen LogP contribution in [0.25, 0.3) is 11.5 Å². The molecule has 0 unspecified atom stereocenters. The minimum Gasteiger partial charge on any atom is -0.421 e.